The molecule has 0 fully saturated rings. The van der Waals surface area contributed by atoms with E-state index < -0.39 is 6.29 Å². The van der Waals surface area contributed by atoms with Crippen LogP contribution in [0.2, 0.25) is 0 Å². The van der Waals surface area contributed by atoms with Gasteiger partial charge in [-0.05, 0) is 6.07 Å². The van der Waals surface area contributed by atoms with Crippen LogP contribution in [-0.4, -0.2) is 26.3 Å². The number of thiophene rings is 1. The molecule has 4 heteroatoms. The molecule has 0 aliphatic carbocycles. The summed E-state index contributed by atoms with van der Waals surface area (Å²) >= 11 is 1.55. The number of carbonyl (C=O) groups is 1. The van der Waals surface area contributed by atoms with Crippen molar-refractivity contribution in [1.82, 2.24) is 0 Å². The molecule has 1 aromatic heterocycles. The van der Waals surface area contributed by atoms with Gasteiger partial charge in [0.05, 0.1) is 0 Å². The van der Waals surface area contributed by atoms with Gasteiger partial charge in [-0.15, -0.1) is 11.3 Å². The molecule has 0 saturated carbocycles. The molecule has 2 aromatic rings. The molecular weight excluding hydrogens is 224 g/mol. The Balaban J connectivity index is 2.43. The van der Waals surface area contributed by atoms with Gasteiger partial charge in [0.25, 0.3) is 0 Å². The van der Waals surface area contributed by atoms with Crippen molar-refractivity contribution in [2.75, 3.05) is 14.2 Å². The lowest BCUT2D eigenvalue weighted by molar-refractivity contribution is -0.0741. The number of fused-ring (bicyclic) bond motifs is 1. The first-order valence-electron chi connectivity index (χ1n) is 4.84. The molecule has 0 N–H and O–H groups in total. The highest BCUT2D eigenvalue weighted by atomic mass is 32.1. The summed E-state index contributed by atoms with van der Waals surface area (Å²) in [5.74, 6) is -0.137. The van der Waals surface area contributed by atoms with E-state index in [1.807, 2.05) is 29.6 Å². The SMILES string of the molecule is COC(OC)C(=O)c1csc2ccccc12. The zero-order valence-corrected chi connectivity index (χ0v) is 9.91. The molecule has 0 radical (unpaired) electrons. The van der Waals surface area contributed by atoms with Crippen LogP contribution in [0.1, 0.15) is 10.4 Å². The van der Waals surface area contributed by atoms with E-state index in [0.29, 0.717) is 5.56 Å². The predicted molar refractivity (Wildman–Crippen MR) is 64.0 cm³/mol. The number of rotatable bonds is 4. The van der Waals surface area contributed by atoms with Crippen molar-refractivity contribution >= 4 is 27.2 Å². The summed E-state index contributed by atoms with van der Waals surface area (Å²) in [5.41, 5.74) is 0.661. The molecule has 0 bridgehead atoms. The third kappa shape index (κ3) is 1.87. The van der Waals surface area contributed by atoms with E-state index in [1.165, 1.54) is 14.2 Å². The average molecular weight is 236 g/mol. The van der Waals surface area contributed by atoms with Crippen LogP contribution < -0.4 is 0 Å². The normalized spacial score (nSPS) is 11.2. The van der Waals surface area contributed by atoms with Crippen LogP contribution in [0.5, 0.6) is 0 Å². The molecule has 84 valence electrons. The number of hydrogen-bond acceptors (Lipinski definition) is 4. The molecule has 3 nitrogen and oxygen atoms in total. The maximum absolute atomic E-state index is 12.0. The highest BCUT2D eigenvalue weighted by Crippen LogP contribution is 2.26. The minimum absolute atomic E-state index is 0.137. The van der Waals surface area contributed by atoms with E-state index in [4.69, 9.17) is 9.47 Å². The molecule has 0 atom stereocenters. The molecule has 1 heterocycles. The summed E-state index contributed by atoms with van der Waals surface area (Å²) in [6.07, 6.45) is -0.821. The minimum atomic E-state index is -0.821. The summed E-state index contributed by atoms with van der Waals surface area (Å²) in [6, 6.07) is 7.80. The van der Waals surface area contributed by atoms with E-state index in [2.05, 4.69) is 0 Å². The molecule has 0 aliphatic rings. The molecule has 0 amide bonds. The lowest BCUT2D eigenvalue weighted by atomic mass is 10.1. The van der Waals surface area contributed by atoms with Gasteiger partial charge in [0.1, 0.15) is 0 Å². The van der Waals surface area contributed by atoms with Gasteiger partial charge in [-0.25, -0.2) is 0 Å². The first-order chi connectivity index (χ1) is 7.77. The van der Waals surface area contributed by atoms with Crippen LogP contribution in [0, 0.1) is 0 Å². The van der Waals surface area contributed by atoms with Crippen molar-refractivity contribution in [3.63, 3.8) is 0 Å². The first kappa shape index (κ1) is 11.3. The fourth-order valence-electron chi connectivity index (χ4n) is 1.61. The molecule has 1 aromatic carbocycles. The molecular formula is C12H12O3S. The van der Waals surface area contributed by atoms with Crippen LogP contribution in [0.3, 0.4) is 0 Å². The van der Waals surface area contributed by atoms with Gasteiger partial charge < -0.3 is 9.47 Å². The van der Waals surface area contributed by atoms with Crippen molar-refractivity contribution in [1.29, 1.82) is 0 Å². The van der Waals surface area contributed by atoms with Crippen LogP contribution in [0.4, 0.5) is 0 Å². The second-order valence-electron chi connectivity index (χ2n) is 3.31. The molecule has 0 unspecified atom stereocenters. The van der Waals surface area contributed by atoms with Crippen molar-refractivity contribution in [3.05, 3.63) is 35.2 Å². The second kappa shape index (κ2) is 4.74. The zero-order valence-electron chi connectivity index (χ0n) is 9.10. The van der Waals surface area contributed by atoms with Gasteiger partial charge in [-0.1, -0.05) is 18.2 Å². The van der Waals surface area contributed by atoms with Crippen LogP contribution in [-0.2, 0) is 9.47 Å². The lowest BCUT2D eigenvalue weighted by Crippen LogP contribution is -2.24. The molecule has 0 saturated heterocycles. The Hall–Kier alpha value is -1.23. The largest absolute Gasteiger partial charge is 0.349 e. The minimum Gasteiger partial charge on any atom is -0.349 e. The van der Waals surface area contributed by atoms with Crippen LogP contribution in [0.25, 0.3) is 10.1 Å². The fraction of sp³-hybridized carbons (Fsp3) is 0.250. The summed E-state index contributed by atoms with van der Waals surface area (Å²) in [4.78, 5) is 12.0. The number of Topliss-reactive ketones (excluding diaryl/α,β-unsaturated/α-hetero) is 1. The number of benzene rings is 1. The van der Waals surface area contributed by atoms with Crippen molar-refractivity contribution in [3.8, 4) is 0 Å². The summed E-state index contributed by atoms with van der Waals surface area (Å²) in [6.45, 7) is 0. The van der Waals surface area contributed by atoms with Gasteiger partial charge in [-0.3, -0.25) is 4.79 Å². The third-order valence-electron chi connectivity index (χ3n) is 2.39. The quantitative estimate of drug-likeness (QED) is 0.605. The fourth-order valence-corrected chi connectivity index (χ4v) is 2.56. The number of methoxy groups -OCH3 is 2. The van der Waals surface area contributed by atoms with Crippen molar-refractivity contribution in [2.45, 2.75) is 6.29 Å². The topological polar surface area (TPSA) is 35.5 Å². The summed E-state index contributed by atoms with van der Waals surface area (Å²) in [5, 5.41) is 2.80. The number of ketones is 1. The van der Waals surface area contributed by atoms with Crippen LogP contribution >= 0.6 is 11.3 Å². The van der Waals surface area contributed by atoms with E-state index in [-0.39, 0.29) is 5.78 Å². The van der Waals surface area contributed by atoms with Gasteiger partial charge in [0.2, 0.25) is 12.1 Å². The number of hydrogen-bond donors (Lipinski definition) is 0. The van der Waals surface area contributed by atoms with Crippen LogP contribution in [0.15, 0.2) is 29.6 Å². The van der Waals surface area contributed by atoms with E-state index >= 15 is 0 Å². The molecule has 0 spiro atoms. The third-order valence-corrected chi connectivity index (χ3v) is 3.35. The Morgan fingerprint density at radius 2 is 1.94 bits per heavy atom. The molecule has 16 heavy (non-hydrogen) atoms. The zero-order chi connectivity index (χ0) is 11.5. The maximum atomic E-state index is 12.0. The summed E-state index contributed by atoms with van der Waals surface area (Å²) in [7, 11) is 2.92. The van der Waals surface area contributed by atoms with Gasteiger partial charge in [-0.2, -0.15) is 0 Å². The Morgan fingerprint density at radius 3 is 2.62 bits per heavy atom. The number of carbonyl (C=O) groups excluding carboxylic acids is 1. The number of ether oxygens (including phenoxy) is 2. The Labute approximate surface area is 97.6 Å². The maximum Gasteiger partial charge on any atom is 0.222 e. The summed E-state index contributed by atoms with van der Waals surface area (Å²) < 4.78 is 11.0. The van der Waals surface area contributed by atoms with E-state index in [1.54, 1.807) is 11.3 Å². The Kier molecular flexibility index (Phi) is 3.33. The van der Waals surface area contributed by atoms with Crippen molar-refractivity contribution < 1.29 is 14.3 Å². The Morgan fingerprint density at radius 1 is 1.25 bits per heavy atom. The molecule has 2 rings (SSSR count). The smallest absolute Gasteiger partial charge is 0.222 e. The first-order valence-corrected chi connectivity index (χ1v) is 5.72. The monoisotopic (exact) mass is 236 g/mol. The average Bonchev–Trinajstić information content (AvgIpc) is 2.74. The van der Waals surface area contributed by atoms with Gasteiger partial charge in [0.15, 0.2) is 0 Å². The van der Waals surface area contributed by atoms with Crippen molar-refractivity contribution in [2.24, 2.45) is 0 Å². The van der Waals surface area contributed by atoms with E-state index in [0.717, 1.165) is 10.1 Å². The standard InChI is InChI=1S/C12H12O3S/c1-14-12(15-2)11(13)9-7-16-10-6-4-3-5-8(9)10/h3-7,12H,1-2H3. The molecule has 0 aliphatic heterocycles. The highest BCUT2D eigenvalue weighted by Gasteiger charge is 2.21. The van der Waals surface area contributed by atoms with Gasteiger partial charge >= 0.3 is 0 Å². The predicted octanol–water partition coefficient (Wildman–Crippen LogP) is 2.70. The van der Waals surface area contributed by atoms with E-state index in [9.17, 15) is 4.79 Å². The lowest BCUT2D eigenvalue weighted by Gasteiger charge is -2.10. The second-order valence-corrected chi connectivity index (χ2v) is 4.22. The highest BCUT2D eigenvalue weighted by molar-refractivity contribution is 7.17. The van der Waals surface area contributed by atoms with Gasteiger partial charge in [0, 0.05) is 35.2 Å². The Bertz CT molecular complexity index is 500.